The highest BCUT2D eigenvalue weighted by atomic mass is 32.2. The van der Waals surface area contributed by atoms with Gasteiger partial charge in [-0.2, -0.15) is 17.5 Å². The smallest absolute Gasteiger partial charge is 0.416 e. The van der Waals surface area contributed by atoms with Crippen molar-refractivity contribution in [1.82, 2.24) is 14.3 Å². The minimum absolute atomic E-state index is 0.0849. The average Bonchev–Trinajstić information content (AvgIpc) is 3.04. The lowest BCUT2D eigenvalue weighted by molar-refractivity contribution is -0.137. The van der Waals surface area contributed by atoms with Crippen molar-refractivity contribution in [3.63, 3.8) is 0 Å². The van der Waals surface area contributed by atoms with E-state index in [-0.39, 0.29) is 24.0 Å². The number of aromatic nitrogens is 2. The largest absolute Gasteiger partial charge is 0.459 e. The molecule has 134 valence electrons. The molecule has 25 heavy (non-hydrogen) atoms. The number of sulfonamides is 1. The van der Waals surface area contributed by atoms with Gasteiger partial charge in [0.25, 0.3) is 0 Å². The van der Waals surface area contributed by atoms with Crippen LogP contribution in [0.2, 0.25) is 0 Å². The van der Waals surface area contributed by atoms with Gasteiger partial charge in [-0.15, -0.1) is 0 Å². The van der Waals surface area contributed by atoms with Crippen LogP contribution in [0.4, 0.5) is 13.2 Å². The molecule has 3 rings (SSSR count). The van der Waals surface area contributed by atoms with E-state index in [4.69, 9.17) is 4.74 Å². The lowest BCUT2D eigenvalue weighted by Crippen LogP contribution is -2.31. The predicted molar refractivity (Wildman–Crippen MR) is 81.3 cm³/mol. The van der Waals surface area contributed by atoms with Gasteiger partial charge in [-0.25, -0.2) is 18.4 Å². The molecule has 0 radical (unpaired) electrons. The zero-order valence-electron chi connectivity index (χ0n) is 12.8. The molecular weight excluding hydrogens is 359 g/mol. The molecule has 1 aromatic heterocycles. The molecule has 0 bridgehead atoms. The Morgan fingerprint density at radius 3 is 2.36 bits per heavy atom. The maximum absolute atomic E-state index is 12.6. The molecule has 0 amide bonds. The lowest BCUT2D eigenvalue weighted by Gasteiger charge is -2.17. The topological polar surface area (TPSA) is 72.4 Å². The molecule has 1 aliphatic rings. The quantitative estimate of drug-likeness (QED) is 0.823. The van der Waals surface area contributed by atoms with Crippen LogP contribution in [0.15, 0.2) is 47.6 Å². The van der Waals surface area contributed by atoms with Crippen LogP contribution in [-0.2, 0) is 16.2 Å². The monoisotopic (exact) mass is 373 g/mol. The van der Waals surface area contributed by atoms with Gasteiger partial charge in [-0.3, -0.25) is 0 Å². The van der Waals surface area contributed by atoms with E-state index in [0.717, 1.165) is 24.3 Å². The second-order valence-corrected chi connectivity index (χ2v) is 7.38. The van der Waals surface area contributed by atoms with E-state index >= 15 is 0 Å². The van der Waals surface area contributed by atoms with Crippen molar-refractivity contribution >= 4 is 10.0 Å². The Balaban J connectivity index is 1.71. The van der Waals surface area contributed by atoms with Crippen molar-refractivity contribution < 1.29 is 26.3 Å². The van der Waals surface area contributed by atoms with Gasteiger partial charge in [0, 0.05) is 18.9 Å². The van der Waals surface area contributed by atoms with Crippen LogP contribution in [0.25, 0.3) is 0 Å². The van der Waals surface area contributed by atoms with Gasteiger partial charge in [0.05, 0.1) is 17.0 Å². The Labute approximate surface area is 142 Å². The summed E-state index contributed by atoms with van der Waals surface area (Å²) in [4.78, 5) is 7.64. The number of halogens is 3. The third kappa shape index (κ3) is 3.90. The van der Waals surface area contributed by atoms with E-state index in [1.807, 2.05) is 0 Å². The second-order valence-electron chi connectivity index (χ2n) is 5.45. The van der Waals surface area contributed by atoms with Crippen LogP contribution in [0.3, 0.4) is 0 Å². The third-order valence-corrected chi connectivity index (χ3v) is 5.62. The zero-order chi connectivity index (χ0) is 18.1. The summed E-state index contributed by atoms with van der Waals surface area (Å²) < 4.78 is 69.6. The molecule has 0 N–H and O–H groups in total. The average molecular weight is 373 g/mol. The van der Waals surface area contributed by atoms with E-state index in [0.29, 0.717) is 6.42 Å². The Morgan fingerprint density at radius 2 is 1.76 bits per heavy atom. The fourth-order valence-electron chi connectivity index (χ4n) is 2.47. The van der Waals surface area contributed by atoms with Crippen molar-refractivity contribution in [1.29, 1.82) is 0 Å². The normalized spacial score (nSPS) is 19.1. The molecule has 10 heteroatoms. The molecule has 1 aromatic carbocycles. The minimum Gasteiger partial charge on any atom is -0.459 e. The van der Waals surface area contributed by atoms with Gasteiger partial charge in [0.2, 0.25) is 10.0 Å². The fraction of sp³-hybridized carbons (Fsp3) is 0.333. The highest BCUT2D eigenvalue weighted by Crippen LogP contribution is 2.30. The number of hydrogen-bond acceptors (Lipinski definition) is 5. The van der Waals surface area contributed by atoms with Crippen molar-refractivity contribution in [3.8, 4) is 6.01 Å². The standard InChI is InChI=1S/C15H14F3N3O3S/c16-15(17,18)11-2-4-13(5-3-11)25(22,23)21-9-6-12(10-21)24-14-19-7-1-8-20-14/h1-5,7-8,12H,6,9-10H2. The summed E-state index contributed by atoms with van der Waals surface area (Å²) in [6.45, 7) is 0.294. The molecule has 0 saturated carbocycles. The maximum atomic E-state index is 12.6. The molecule has 1 aliphatic heterocycles. The van der Waals surface area contributed by atoms with E-state index in [1.165, 1.54) is 16.7 Å². The summed E-state index contributed by atoms with van der Waals surface area (Å²) in [5.74, 6) is 0. The number of hydrogen-bond donors (Lipinski definition) is 0. The molecule has 0 aliphatic carbocycles. The van der Waals surface area contributed by atoms with Crippen LogP contribution < -0.4 is 4.74 Å². The molecule has 1 unspecified atom stereocenters. The predicted octanol–water partition coefficient (Wildman–Crippen LogP) is 2.34. The molecule has 2 aromatic rings. The minimum atomic E-state index is -4.51. The molecule has 0 spiro atoms. The number of ether oxygens (including phenoxy) is 1. The highest BCUT2D eigenvalue weighted by molar-refractivity contribution is 7.89. The lowest BCUT2D eigenvalue weighted by atomic mass is 10.2. The van der Waals surface area contributed by atoms with Crippen LogP contribution >= 0.6 is 0 Å². The number of benzene rings is 1. The van der Waals surface area contributed by atoms with Crippen LogP contribution in [-0.4, -0.2) is 41.9 Å². The Morgan fingerprint density at radius 1 is 1.12 bits per heavy atom. The number of alkyl halides is 3. The Hall–Kier alpha value is -2.20. The molecule has 2 heterocycles. The first-order valence-electron chi connectivity index (χ1n) is 7.38. The fourth-order valence-corrected chi connectivity index (χ4v) is 3.96. The first-order valence-corrected chi connectivity index (χ1v) is 8.82. The van der Waals surface area contributed by atoms with Crippen molar-refractivity contribution in [2.45, 2.75) is 23.6 Å². The zero-order valence-corrected chi connectivity index (χ0v) is 13.7. The highest BCUT2D eigenvalue weighted by Gasteiger charge is 2.35. The summed E-state index contributed by atoms with van der Waals surface area (Å²) in [5.41, 5.74) is -0.893. The first-order chi connectivity index (χ1) is 11.8. The van der Waals surface area contributed by atoms with Crippen LogP contribution in [0, 0.1) is 0 Å². The molecular formula is C15H14F3N3O3S. The molecule has 6 nitrogen and oxygen atoms in total. The van der Waals surface area contributed by atoms with Crippen molar-refractivity contribution in [2.24, 2.45) is 0 Å². The third-order valence-electron chi connectivity index (χ3n) is 3.74. The Bertz CT molecular complexity index is 827. The SMILES string of the molecule is O=S(=O)(c1ccc(C(F)(F)F)cc1)N1CCC(Oc2ncccn2)C1. The van der Waals surface area contributed by atoms with Crippen molar-refractivity contribution in [3.05, 3.63) is 48.3 Å². The summed E-state index contributed by atoms with van der Waals surface area (Å²) in [7, 11) is -3.88. The first kappa shape index (κ1) is 17.6. The summed E-state index contributed by atoms with van der Waals surface area (Å²) in [6, 6.07) is 5.23. The number of nitrogens with zero attached hydrogens (tertiary/aromatic N) is 3. The maximum Gasteiger partial charge on any atom is 0.416 e. The van der Waals surface area contributed by atoms with Gasteiger partial charge in [-0.05, 0) is 36.8 Å². The second kappa shape index (κ2) is 6.60. The molecule has 1 saturated heterocycles. The molecule has 1 atom stereocenters. The summed E-state index contributed by atoms with van der Waals surface area (Å²) in [6.07, 6.45) is -1.46. The van der Waals surface area contributed by atoms with Crippen LogP contribution in [0.5, 0.6) is 6.01 Å². The van der Waals surface area contributed by atoms with Crippen LogP contribution in [0.1, 0.15) is 12.0 Å². The Kier molecular flexibility index (Phi) is 4.65. The van der Waals surface area contributed by atoms with E-state index in [9.17, 15) is 21.6 Å². The van der Waals surface area contributed by atoms with E-state index < -0.39 is 27.9 Å². The van der Waals surface area contributed by atoms with Crippen molar-refractivity contribution in [2.75, 3.05) is 13.1 Å². The van der Waals surface area contributed by atoms with E-state index in [1.54, 1.807) is 6.07 Å². The summed E-state index contributed by atoms with van der Waals surface area (Å²) >= 11 is 0. The van der Waals surface area contributed by atoms with Gasteiger partial charge < -0.3 is 4.74 Å². The summed E-state index contributed by atoms with van der Waals surface area (Å²) in [5, 5.41) is 0. The van der Waals surface area contributed by atoms with E-state index in [2.05, 4.69) is 9.97 Å². The van der Waals surface area contributed by atoms with Gasteiger partial charge in [0.1, 0.15) is 6.10 Å². The van der Waals surface area contributed by atoms with Gasteiger partial charge >= 0.3 is 12.2 Å². The molecule has 1 fully saturated rings. The van der Waals surface area contributed by atoms with Gasteiger partial charge in [0.15, 0.2) is 0 Å². The number of rotatable bonds is 4. The van der Waals surface area contributed by atoms with Gasteiger partial charge in [-0.1, -0.05) is 0 Å².